The van der Waals surface area contributed by atoms with E-state index in [1.807, 2.05) is 6.92 Å². The molecule has 2 aromatic rings. The summed E-state index contributed by atoms with van der Waals surface area (Å²) in [7, 11) is 3.08. The van der Waals surface area contributed by atoms with E-state index in [0.29, 0.717) is 40.5 Å². The van der Waals surface area contributed by atoms with Gasteiger partial charge in [-0.1, -0.05) is 11.3 Å². The Bertz CT molecular complexity index is 856. The second kappa shape index (κ2) is 8.98. The number of hydrogen-bond acceptors (Lipinski definition) is 8. The van der Waals surface area contributed by atoms with E-state index in [1.54, 1.807) is 30.2 Å². The lowest BCUT2D eigenvalue weighted by molar-refractivity contribution is -0.122. The molecule has 10 heteroatoms. The number of carbonyl (C=O) groups excluding carboxylic acids is 2. The number of ether oxygens (including phenoxy) is 3. The molecule has 1 aliphatic rings. The van der Waals surface area contributed by atoms with Crippen molar-refractivity contribution in [1.29, 1.82) is 0 Å². The first kappa shape index (κ1) is 20.0. The van der Waals surface area contributed by atoms with Gasteiger partial charge in [-0.3, -0.25) is 9.59 Å². The van der Waals surface area contributed by atoms with Crippen molar-refractivity contribution >= 4 is 34.0 Å². The molecule has 0 saturated carbocycles. The standard InChI is InChI=1S/C18H22N4O5S/c1-4-27-10-15-20-21-18(28-15)19-17(24)11-7-16(23)22(9-11)13-6-5-12(25-2)8-14(13)26-3/h5-6,8,11H,4,7,9-10H2,1-3H3,(H,19,21,24)/t11-/m1/s1. The highest BCUT2D eigenvalue weighted by Crippen LogP contribution is 2.36. The van der Waals surface area contributed by atoms with Crippen molar-refractivity contribution in [2.45, 2.75) is 20.0 Å². The van der Waals surface area contributed by atoms with Gasteiger partial charge in [-0.15, -0.1) is 10.2 Å². The summed E-state index contributed by atoms with van der Waals surface area (Å²) < 4.78 is 15.8. The Balaban J connectivity index is 1.67. The molecule has 3 rings (SSSR count). The highest BCUT2D eigenvalue weighted by Gasteiger charge is 2.36. The second-order valence-electron chi connectivity index (χ2n) is 6.07. The van der Waals surface area contributed by atoms with Crippen LogP contribution in [-0.4, -0.2) is 49.4 Å². The summed E-state index contributed by atoms with van der Waals surface area (Å²) in [6.45, 7) is 3.09. The third-order valence-corrected chi connectivity index (χ3v) is 5.11. The topological polar surface area (TPSA) is 103 Å². The minimum atomic E-state index is -0.487. The minimum absolute atomic E-state index is 0.117. The summed E-state index contributed by atoms with van der Waals surface area (Å²) in [4.78, 5) is 26.6. The van der Waals surface area contributed by atoms with Crippen LogP contribution in [0, 0.1) is 5.92 Å². The quantitative estimate of drug-likeness (QED) is 0.716. The van der Waals surface area contributed by atoms with E-state index in [-0.39, 0.29) is 24.8 Å². The molecule has 0 bridgehead atoms. The Morgan fingerprint density at radius 3 is 2.86 bits per heavy atom. The molecule has 1 atom stereocenters. The van der Waals surface area contributed by atoms with E-state index >= 15 is 0 Å². The number of hydrogen-bond donors (Lipinski definition) is 1. The van der Waals surface area contributed by atoms with Crippen LogP contribution < -0.4 is 19.7 Å². The number of aromatic nitrogens is 2. The summed E-state index contributed by atoms with van der Waals surface area (Å²) >= 11 is 1.26. The summed E-state index contributed by atoms with van der Waals surface area (Å²) in [6, 6.07) is 5.21. The number of benzene rings is 1. The van der Waals surface area contributed by atoms with E-state index in [0.717, 1.165) is 0 Å². The lowest BCUT2D eigenvalue weighted by Crippen LogP contribution is -2.28. The Labute approximate surface area is 166 Å². The number of anilines is 2. The molecule has 0 unspecified atom stereocenters. The van der Waals surface area contributed by atoms with E-state index in [2.05, 4.69) is 15.5 Å². The molecule has 0 radical (unpaired) electrons. The number of amides is 2. The maximum absolute atomic E-state index is 12.6. The minimum Gasteiger partial charge on any atom is -0.497 e. The largest absolute Gasteiger partial charge is 0.497 e. The molecule has 1 saturated heterocycles. The molecular formula is C18H22N4O5S. The smallest absolute Gasteiger partial charge is 0.231 e. The van der Waals surface area contributed by atoms with Crippen molar-refractivity contribution in [1.82, 2.24) is 10.2 Å². The van der Waals surface area contributed by atoms with Gasteiger partial charge in [0.1, 0.15) is 23.1 Å². The number of nitrogens with one attached hydrogen (secondary N) is 1. The van der Waals surface area contributed by atoms with Crippen LogP contribution in [0.2, 0.25) is 0 Å². The van der Waals surface area contributed by atoms with Gasteiger partial charge in [-0.2, -0.15) is 0 Å². The van der Waals surface area contributed by atoms with Crippen LogP contribution in [0.25, 0.3) is 0 Å². The van der Waals surface area contributed by atoms with Crippen LogP contribution >= 0.6 is 11.3 Å². The third-order valence-electron chi connectivity index (χ3n) is 4.30. The van der Waals surface area contributed by atoms with Crippen molar-refractivity contribution in [2.24, 2.45) is 5.92 Å². The molecule has 1 aliphatic heterocycles. The molecular weight excluding hydrogens is 384 g/mol. The Kier molecular flexibility index (Phi) is 6.42. The summed E-state index contributed by atoms with van der Waals surface area (Å²) in [5, 5.41) is 11.7. The van der Waals surface area contributed by atoms with Crippen molar-refractivity contribution in [3.05, 3.63) is 23.2 Å². The van der Waals surface area contributed by atoms with Crippen LogP contribution in [0.5, 0.6) is 11.5 Å². The van der Waals surface area contributed by atoms with E-state index in [9.17, 15) is 9.59 Å². The highest BCUT2D eigenvalue weighted by atomic mass is 32.1. The fraction of sp³-hybridized carbons (Fsp3) is 0.444. The van der Waals surface area contributed by atoms with Gasteiger partial charge >= 0.3 is 0 Å². The first-order valence-electron chi connectivity index (χ1n) is 8.79. The van der Waals surface area contributed by atoms with Gasteiger partial charge in [0.2, 0.25) is 16.9 Å². The van der Waals surface area contributed by atoms with Gasteiger partial charge in [0, 0.05) is 25.6 Å². The Morgan fingerprint density at radius 2 is 2.14 bits per heavy atom. The van der Waals surface area contributed by atoms with E-state index in [4.69, 9.17) is 14.2 Å². The number of nitrogens with zero attached hydrogens (tertiary/aromatic N) is 3. The fourth-order valence-electron chi connectivity index (χ4n) is 2.88. The average Bonchev–Trinajstić information content (AvgIpc) is 3.32. The highest BCUT2D eigenvalue weighted by molar-refractivity contribution is 7.15. The van der Waals surface area contributed by atoms with Crippen molar-refractivity contribution in [3.8, 4) is 11.5 Å². The van der Waals surface area contributed by atoms with Crippen molar-refractivity contribution < 1.29 is 23.8 Å². The monoisotopic (exact) mass is 406 g/mol. The third kappa shape index (κ3) is 4.39. The van der Waals surface area contributed by atoms with Gasteiger partial charge < -0.3 is 24.4 Å². The fourth-order valence-corrected chi connectivity index (χ4v) is 3.56. The number of methoxy groups -OCH3 is 2. The SMILES string of the molecule is CCOCc1nnc(NC(=O)[C@@H]2CC(=O)N(c3ccc(OC)cc3OC)C2)s1. The van der Waals surface area contributed by atoms with Crippen LogP contribution in [0.1, 0.15) is 18.4 Å². The molecule has 28 heavy (non-hydrogen) atoms. The predicted octanol–water partition coefficient (Wildman–Crippen LogP) is 2.08. The molecule has 2 heterocycles. The molecule has 1 aromatic carbocycles. The van der Waals surface area contributed by atoms with Gasteiger partial charge in [-0.25, -0.2) is 0 Å². The Hall–Kier alpha value is -2.72. The van der Waals surface area contributed by atoms with Gasteiger partial charge in [-0.05, 0) is 19.1 Å². The lowest BCUT2D eigenvalue weighted by atomic mass is 10.1. The molecule has 1 N–H and O–H groups in total. The molecule has 2 amide bonds. The lowest BCUT2D eigenvalue weighted by Gasteiger charge is -2.20. The van der Waals surface area contributed by atoms with Crippen molar-refractivity contribution in [3.63, 3.8) is 0 Å². The van der Waals surface area contributed by atoms with Crippen LogP contribution in [0.3, 0.4) is 0 Å². The summed E-state index contributed by atoms with van der Waals surface area (Å²) in [5.74, 6) is 0.248. The zero-order chi connectivity index (χ0) is 20.1. The second-order valence-corrected chi connectivity index (χ2v) is 7.13. The van der Waals surface area contributed by atoms with Crippen LogP contribution in [-0.2, 0) is 20.9 Å². The van der Waals surface area contributed by atoms with Gasteiger partial charge in [0.15, 0.2) is 0 Å². The van der Waals surface area contributed by atoms with Crippen LogP contribution in [0.15, 0.2) is 18.2 Å². The normalized spacial score (nSPS) is 16.3. The molecule has 9 nitrogen and oxygen atoms in total. The zero-order valence-corrected chi connectivity index (χ0v) is 16.7. The molecule has 0 aliphatic carbocycles. The predicted molar refractivity (Wildman–Crippen MR) is 104 cm³/mol. The van der Waals surface area contributed by atoms with Crippen LogP contribution in [0.4, 0.5) is 10.8 Å². The maximum atomic E-state index is 12.6. The van der Waals surface area contributed by atoms with Gasteiger partial charge in [0.05, 0.1) is 25.8 Å². The Morgan fingerprint density at radius 1 is 1.32 bits per heavy atom. The first-order chi connectivity index (χ1) is 13.5. The van der Waals surface area contributed by atoms with Gasteiger partial charge in [0.25, 0.3) is 0 Å². The maximum Gasteiger partial charge on any atom is 0.231 e. The summed E-state index contributed by atoms with van der Waals surface area (Å²) in [5.41, 5.74) is 0.610. The molecule has 1 fully saturated rings. The molecule has 0 spiro atoms. The molecule has 1 aromatic heterocycles. The van der Waals surface area contributed by atoms with E-state index < -0.39 is 5.92 Å². The van der Waals surface area contributed by atoms with Crippen molar-refractivity contribution in [2.75, 3.05) is 37.6 Å². The average molecular weight is 406 g/mol. The number of rotatable bonds is 8. The van der Waals surface area contributed by atoms with E-state index in [1.165, 1.54) is 18.4 Å². The molecule has 150 valence electrons. The number of carbonyl (C=O) groups is 2. The first-order valence-corrected chi connectivity index (χ1v) is 9.60. The summed E-state index contributed by atoms with van der Waals surface area (Å²) in [6.07, 6.45) is 0.117. The zero-order valence-electron chi connectivity index (χ0n) is 15.9.